The maximum Gasteiger partial charge on any atom is 0.0897 e. The molecule has 0 spiro atoms. The molecule has 0 bridgehead atoms. The van der Waals surface area contributed by atoms with Crippen molar-refractivity contribution in [1.82, 2.24) is 10.3 Å². The van der Waals surface area contributed by atoms with Crippen molar-refractivity contribution >= 4 is 11.3 Å². The summed E-state index contributed by atoms with van der Waals surface area (Å²) in [6.07, 6.45) is 3.52. The van der Waals surface area contributed by atoms with Crippen LogP contribution in [-0.4, -0.2) is 18.1 Å². The zero-order chi connectivity index (χ0) is 12.2. The Morgan fingerprint density at radius 1 is 1.44 bits per heavy atom. The number of aromatic nitrogens is 1. The number of likely N-dealkylation sites (N-methyl/N-ethyl adjacent to an activating group) is 1. The minimum absolute atomic E-state index is 0.424. The summed E-state index contributed by atoms with van der Waals surface area (Å²) in [5.74, 6) is 0. The van der Waals surface area contributed by atoms with Gasteiger partial charge in [0.05, 0.1) is 10.7 Å². The predicted octanol–water partition coefficient (Wildman–Crippen LogP) is 3.41. The highest BCUT2D eigenvalue weighted by molar-refractivity contribution is 7.09. The van der Waals surface area contributed by atoms with Crippen LogP contribution in [0.3, 0.4) is 0 Å². The normalized spacial score (nSPS) is 14.1. The molecule has 0 radical (unpaired) electrons. The standard InChI is InChI=1S/C13H24N2S/c1-10-15-12(9-16-10)8-11(14-5)6-7-13(2,3)4/h9,11,14H,6-8H2,1-5H3. The molecule has 0 aliphatic heterocycles. The first-order valence-corrected chi connectivity index (χ1v) is 6.87. The zero-order valence-corrected chi connectivity index (χ0v) is 11.9. The molecule has 0 amide bonds. The molecule has 1 aromatic rings. The van der Waals surface area contributed by atoms with E-state index in [9.17, 15) is 0 Å². The quantitative estimate of drug-likeness (QED) is 0.853. The summed E-state index contributed by atoms with van der Waals surface area (Å²) in [7, 11) is 2.05. The van der Waals surface area contributed by atoms with E-state index in [-0.39, 0.29) is 0 Å². The van der Waals surface area contributed by atoms with E-state index in [2.05, 4.69) is 43.4 Å². The van der Waals surface area contributed by atoms with Gasteiger partial charge in [-0.1, -0.05) is 20.8 Å². The van der Waals surface area contributed by atoms with E-state index in [4.69, 9.17) is 0 Å². The monoisotopic (exact) mass is 240 g/mol. The van der Waals surface area contributed by atoms with E-state index in [1.54, 1.807) is 11.3 Å². The smallest absolute Gasteiger partial charge is 0.0897 e. The molecule has 1 rings (SSSR count). The molecule has 3 heteroatoms. The van der Waals surface area contributed by atoms with Crippen molar-refractivity contribution in [2.24, 2.45) is 5.41 Å². The number of thiazole rings is 1. The summed E-state index contributed by atoms with van der Waals surface area (Å²) in [4.78, 5) is 4.52. The average molecular weight is 240 g/mol. The van der Waals surface area contributed by atoms with Crippen LogP contribution in [0, 0.1) is 12.3 Å². The molecular weight excluding hydrogens is 216 g/mol. The fraction of sp³-hybridized carbons (Fsp3) is 0.769. The molecule has 0 saturated heterocycles. The molecule has 1 aromatic heterocycles. The lowest BCUT2D eigenvalue weighted by Crippen LogP contribution is -2.29. The molecule has 0 saturated carbocycles. The molecule has 1 heterocycles. The van der Waals surface area contributed by atoms with Crippen molar-refractivity contribution in [3.05, 3.63) is 16.1 Å². The molecule has 0 fully saturated rings. The van der Waals surface area contributed by atoms with Gasteiger partial charge in [-0.2, -0.15) is 0 Å². The lowest BCUT2D eigenvalue weighted by molar-refractivity contribution is 0.334. The van der Waals surface area contributed by atoms with Crippen LogP contribution in [0.5, 0.6) is 0 Å². The Morgan fingerprint density at radius 2 is 2.12 bits per heavy atom. The molecule has 92 valence electrons. The van der Waals surface area contributed by atoms with Gasteiger partial charge in [-0.3, -0.25) is 0 Å². The second-order valence-electron chi connectivity index (χ2n) is 5.65. The minimum Gasteiger partial charge on any atom is -0.317 e. The summed E-state index contributed by atoms with van der Waals surface area (Å²) in [6.45, 7) is 8.96. The number of nitrogens with one attached hydrogen (secondary N) is 1. The second kappa shape index (κ2) is 5.78. The van der Waals surface area contributed by atoms with E-state index >= 15 is 0 Å². The van der Waals surface area contributed by atoms with Crippen LogP contribution < -0.4 is 5.32 Å². The molecule has 1 atom stereocenters. The number of nitrogens with zero attached hydrogens (tertiary/aromatic N) is 1. The maximum absolute atomic E-state index is 4.52. The van der Waals surface area contributed by atoms with Crippen LogP contribution in [-0.2, 0) is 6.42 Å². The predicted molar refractivity (Wildman–Crippen MR) is 72.1 cm³/mol. The molecule has 16 heavy (non-hydrogen) atoms. The van der Waals surface area contributed by atoms with Crippen molar-refractivity contribution in [2.45, 2.75) is 53.0 Å². The summed E-state index contributed by atoms with van der Waals surface area (Å²) in [5.41, 5.74) is 1.66. The summed E-state index contributed by atoms with van der Waals surface area (Å²) >= 11 is 1.74. The minimum atomic E-state index is 0.424. The fourth-order valence-electron chi connectivity index (χ4n) is 1.71. The summed E-state index contributed by atoms with van der Waals surface area (Å²) < 4.78 is 0. The lowest BCUT2D eigenvalue weighted by atomic mass is 9.88. The van der Waals surface area contributed by atoms with Crippen LogP contribution >= 0.6 is 11.3 Å². The maximum atomic E-state index is 4.52. The van der Waals surface area contributed by atoms with E-state index in [1.807, 2.05) is 7.05 Å². The highest BCUT2D eigenvalue weighted by atomic mass is 32.1. The van der Waals surface area contributed by atoms with Gasteiger partial charge in [0.1, 0.15) is 0 Å². The van der Waals surface area contributed by atoms with Crippen molar-refractivity contribution in [2.75, 3.05) is 7.05 Å². The van der Waals surface area contributed by atoms with Gasteiger partial charge < -0.3 is 5.32 Å². The van der Waals surface area contributed by atoms with E-state index in [0.717, 1.165) is 6.42 Å². The third-order valence-electron chi connectivity index (χ3n) is 2.77. The van der Waals surface area contributed by atoms with Crippen LogP contribution in [0.2, 0.25) is 0 Å². The first kappa shape index (κ1) is 13.7. The van der Waals surface area contributed by atoms with Gasteiger partial charge in [-0.25, -0.2) is 4.98 Å². The van der Waals surface area contributed by atoms with Crippen LogP contribution in [0.25, 0.3) is 0 Å². The topological polar surface area (TPSA) is 24.9 Å². The van der Waals surface area contributed by atoms with Gasteiger partial charge in [-0.15, -0.1) is 11.3 Å². The number of aryl methyl sites for hydroxylation is 1. The number of hydrogen-bond donors (Lipinski definition) is 1. The molecule has 1 unspecified atom stereocenters. The second-order valence-corrected chi connectivity index (χ2v) is 6.71. The Labute approximate surface area is 103 Å². The molecule has 0 aliphatic carbocycles. The number of hydrogen-bond acceptors (Lipinski definition) is 3. The average Bonchev–Trinajstić information content (AvgIpc) is 2.57. The molecule has 2 nitrogen and oxygen atoms in total. The SMILES string of the molecule is CNC(CCC(C)(C)C)Cc1csc(C)n1. The van der Waals surface area contributed by atoms with Crippen LogP contribution in [0.15, 0.2) is 5.38 Å². The van der Waals surface area contributed by atoms with Gasteiger partial charge in [-0.05, 0) is 32.2 Å². The zero-order valence-electron chi connectivity index (χ0n) is 11.1. The van der Waals surface area contributed by atoms with Gasteiger partial charge in [0.25, 0.3) is 0 Å². The first-order chi connectivity index (χ1) is 7.40. The van der Waals surface area contributed by atoms with Gasteiger partial charge in [0.15, 0.2) is 0 Å². The van der Waals surface area contributed by atoms with E-state index in [1.165, 1.54) is 23.5 Å². The van der Waals surface area contributed by atoms with Crippen LogP contribution in [0.4, 0.5) is 0 Å². The Balaban J connectivity index is 2.43. The third kappa shape index (κ3) is 5.08. The molecule has 0 aliphatic rings. The van der Waals surface area contributed by atoms with E-state index < -0.39 is 0 Å². The van der Waals surface area contributed by atoms with Crippen molar-refractivity contribution < 1.29 is 0 Å². The Morgan fingerprint density at radius 3 is 2.56 bits per heavy atom. The third-order valence-corrected chi connectivity index (χ3v) is 3.60. The van der Waals surface area contributed by atoms with Crippen molar-refractivity contribution in [3.63, 3.8) is 0 Å². The Hall–Kier alpha value is -0.410. The van der Waals surface area contributed by atoms with E-state index in [0.29, 0.717) is 11.5 Å². The highest BCUT2D eigenvalue weighted by Gasteiger charge is 2.15. The fourth-order valence-corrected chi connectivity index (χ4v) is 2.34. The Kier molecular flexibility index (Phi) is 4.93. The largest absolute Gasteiger partial charge is 0.317 e. The van der Waals surface area contributed by atoms with Gasteiger partial charge in [0.2, 0.25) is 0 Å². The Bertz CT molecular complexity index is 312. The van der Waals surface area contributed by atoms with Crippen molar-refractivity contribution in [1.29, 1.82) is 0 Å². The molecule has 0 aromatic carbocycles. The van der Waals surface area contributed by atoms with Gasteiger partial charge in [0, 0.05) is 17.8 Å². The van der Waals surface area contributed by atoms with Crippen molar-refractivity contribution in [3.8, 4) is 0 Å². The molecular formula is C13H24N2S. The van der Waals surface area contributed by atoms with Crippen LogP contribution in [0.1, 0.15) is 44.3 Å². The first-order valence-electron chi connectivity index (χ1n) is 5.99. The van der Waals surface area contributed by atoms with Gasteiger partial charge >= 0.3 is 0 Å². The molecule has 1 N–H and O–H groups in total. The number of rotatable bonds is 5. The summed E-state index contributed by atoms with van der Waals surface area (Å²) in [6, 6.07) is 0.556. The lowest BCUT2D eigenvalue weighted by Gasteiger charge is -2.22. The summed E-state index contributed by atoms with van der Waals surface area (Å²) in [5, 5.41) is 6.74. The highest BCUT2D eigenvalue weighted by Crippen LogP contribution is 2.22.